The predicted molar refractivity (Wildman–Crippen MR) is 103 cm³/mol. The lowest BCUT2D eigenvalue weighted by molar-refractivity contribution is 0.969. The van der Waals surface area contributed by atoms with Gasteiger partial charge in [0.2, 0.25) is 0 Å². The van der Waals surface area contributed by atoms with E-state index in [1.54, 1.807) is 6.07 Å². The van der Waals surface area contributed by atoms with Crippen molar-refractivity contribution in [1.82, 2.24) is 19.9 Å². The molecule has 0 aliphatic heterocycles. The highest BCUT2D eigenvalue weighted by Crippen LogP contribution is 2.26. The molecule has 25 heavy (non-hydrogen) atoms. The van der Waals surface area contributed by atoms with Gasteiger partial charge in [-0.25, -0.2) is 15.0 Å². The van der Waals surface area contributed by atoms with Crippen molar-refractivity contribution in [2.75, 3.05) is 0 Å². The molecular formula is C18H12Cl2N4S. The van der Waals surface area contributed by atoms with Crippen LogP contribution in [0, 0.1) is 0 Å². The number of thioether (sulfide) groups is 1. The topological polar surface area (TPSA) is 54.5 Å². The number of benzene rings is 2. The van der Waals surface area contributed by atoms with E-state index in [2.05, 4.69) is 19.9 Å². The Morgan fingerprint density at radius 2 is 1.76 bits per heavy atom. The maximum atomic E-state index is 6.16. The zero-order chi connectivity index (χ0) is 17.2. The second-order valence-corrected chi connectivity index (χ2v) is 7.12. The van der Waals surface area contributed by atoms with E-state index < -0.39 is 0 Å². The van der Waals surface area contributed by atoms with Gasteiger partial charge in [-0.15, -0.1) is 0 Å². The first-order valence-electron chi connectivity index (χ1n) is 7.54. The number of hydrogen-bond donors (Lipinski definition) is 1. The largest absolute Gasteiger partial charge is 0.341 e. The number of imidazole rings is 1. The SMILES string of the molecule is Clc1ccc2nc(CSc3nc(Cl)cc(-c4ccccc4)n3)[nH]c2c1. The molecular weight excluding hydrogens is 375 g/mol. The van der Waals surface area contributed by atoms with E-state index in [-0.39, 0.29) is 0 Å². The Bertz CT molecular complexity index is 1030. The van der Waals surface area contributed by atoms with Gasteiger partial charge in [0.25, 0.3) is 0 Å². The van der Waals surface area contributed by atoms with Gasteiger partial charge in [-0.05, 0) is 18.2 Å². The molecule has 0 bridgehead atoms. The molecule has 0 saturated heterocycles. The summed E-state index contributed by atoms with van der Waals surface area (Å²) >= 11 is 13.6. The van der Waals surface area contributed by atoms with E-state index in [1.807, 2.05) is 48.5 Å². The van der Waals surface area contributed by atoms with Crippen molar-refractivity contribution in [3.63, 3.8) is 0 Å². The molecule has 0 aliphatic carbocycles. The van der Waals surface area contributed by atoms with Gasteiger partial charge in [-0.2, -0.15) is 0 Å². The zero-order valence-corrected chi connectivity index (χ0v) is 15.2. The smallest absolute Gasteiger partial charge is 0.189 e. The number of aromatic amines is 1. The van der Waals surface area contributed by atoms with Crippen molar-refractivity contribution in [1.29, 1.82) is 0 Å². The summed E-state index contributed by atoms with van der Waals surface area (Å²) in [6, 6.07) is 17.3. The Hall–Kier alpha value is -2.08. The summed E-state index contributed by atoms with van der Waals surface area (Å²) in [5, 5.41) is 1.72. The number of nitrogens with zero attached hydrogens (tertiary/aromatic N) is 3. The van der Waals surface area contributed by atoms with Gasteiger partial charge < -0.3 is 4.98 Å². The summed E-state index contributed by atoms with van der Waals surface area (Å²) in [6.07, 6.45) is 0. The Kier molecular flexibility index (Phi) is 4.61. The third kappa shape index (κ3) is 3.79. The fraction of sp³-hybridized carbons (Fsp3) is 0.0556. The zero-order valence-electron chi connectivity index (χ0n) is 12.9. The van der Waals surface area contributed by atoms with E-state index in [9.17, 15) is 0 Å². The van der Waals surface area contributed by atoms with E-state index in [1.165, 1.54) is 11.8 Å². The van der Waals surface area contributed by atoms with E-state index in [0.29, 0.717) is 21.1 Å². The molecule has 4 aromatic rings. The summed E-state index contributed by atoms with van der Waals surface area (Å²) in [6.45, 7) is 0. The van der Waals surface area contributed by atoms with Crippen LogP contribution in [0.4, 0.5) is 0 Å². The molecule has 7 heteroatoms. The van der Waals surface area contributed by atoms with Crippen molar-refractivity contribution in [2.45, 2.75) is 10.9 Å². The second kappa shape index (κ2) is 7.04. The van der Waals surface area contributed by atoms with Gasteiger partial charge in [0, 0.05) is 16.7 Å². The first-order valence-corrected chi connectivity index (χ1v) is 9.28. The van der Waals surface area contributed by atoms with Gasteiger partial charge in [0.05, 0.1) is 22.5 Å². The molecule has 2 aromatic carbocycles. The lowest BCUT2D eigenvalue weighted by atomic mass is 10.1. The van der Waals surface area contributed by atoms with Crippen LogP contribution in [-0.2, 0) is 5.75 Å². The van der Waals surface area contributed by atoms with E-state index in [0.717, 1.165) is 28.1 Å². The fourth-order valence-corrected chi connectivity index (χ4v) is 3.59. The number of hydrogen-bond acceptors (Lipinski definition) is 4. The highest BCUT2D eigenvalue weighted by atomic mass is 35.5. The Balaban J connectivity index is 1.57. The fourth-order valence-electron chi connectivity index (χ4n) is 2.45. The van der Waals surface area contributed by atoms with Crippen molar-refractivity contribution >= 4 is 46.0 Å². The van der Waals surface area contributed by atoms with Crippen molar-refractivity contribution in [2.24, 2.45) is 0 Å². The molecule has 1 N–H and O–H groups in total. The quantitative estimate of drug-likeness (QED) is 0.281. The van der Waals surface area contributed by atoms with Gasteiger partial charge in [0.1, 0.15) is 11.0 Å². The summed E-state index contributed by atoms with van der Waals surface area (Å²) < 4.78 is 0. The molecule has 0 fully saturated rings. The minimum atomic E-state index is 0.424. The molecule has 4 nitrogen and oxygen atoms in total. The van der Waals surface area contributed by atoms with Gasteiger partial charge in [-0.3, -0.25) is 0 Å². The third-order valence-electron chi connectivity index (χ3n) is 3.57. The lowest BCUT2D eigenvalue weighted by Gasteiger charge is -2.04. The number of nitrogens with one attached hydrogen (secondary N) is 1. The summed E-state index contributed by atoms with van der Waals surface area (Å²) in [5.41, 5.74) is 3.61. The molecule has 0 saturated carbocycles. The molecule has 4 rings (SSSR count). The van der Waals surface area contributed by atoms with Crippen LogP contribution >= 0.6 is 35.0 Å². The van der Waals surface area contributed by atoms with Crippen molar-refractivity contribution in [3.8, 4) is 11.3 Å². The Morgan fingerprint density at radius 1 is 0.920 bits per heavy atom. The molecule has 0 amide bonds. The van der Waals surface area contributed by atoms with Crippen LogP contribution in [0.15, 0.2) is 59.8 Å². The van der Waals surface area contributed by atoms with Crippen molar-refractivity contribution in [3.05, 3.63) is 70.6 Å². The average Bonchev–Trinajstić information content (AvgIpc) is 3.02. The Labute approximate surface area is 158 Å². The maximum absolute atomic E-state index is 6.16. The van der Waals surface area contributed by atoms with Crippen LogP contribution in [0.2, 0.25) is 10.2 Å². The molecule has 0 radical (unpaired) electrons. The molecule has 0 aliphatic rings. The van der Waals surface area contributed by atoms with Crippen LogP contribution < -0.4 is 0 Å². The van der Waals surface area contributed by atoms with Crippen LogP contribution in [-0.4, -0.2) is 19.9 Å². The van der Waals surface area contributed by atoms with E-state index >= 15 is 0 Å². The Morgan fingerprint density at radius 3 is 2.60 bits per heavy atom. The number of fused-ring (bicyclic) bond motifs is 1. The van der Waals surface area contributed by atoms with Crippen molar-refractivity contribution < 1.29 is 0 Å². The minimum Gasteiger partial charge on any atom is -0.341 e. The third-order valence-corrected chi connectivity index (χ3v) is 4.86. The van der Waals surface area contributed by atoms with Gasteiger partial charge in [0.15, 0.2) is 5.16 Å². The second-order valence-electron chi connectivity index (χ2n) is 5.36. The van der Waals surface area contributed by atoms with E-state index in [4.69, 9.17) is 23.2 Å². The summed E-state index contributed by atoms with van der Waals surface area (Å²) in [4.78, 5) is 16.7. The summed E-state index contributed by atoms with van der Waals surface area (Å²) in [7, 11) is 0. The van der Waals surface area contributed by atoms with Crippen LogP contribution in [0.3, 0.4) is 0 Å². The number of H-pyrrole nitrogens is 1. The van der Waals surface area contributed by atoms with Crippen LogP contribution in [0.5, 0.6) is 0 Å². The first-order chi connectivity index (χ1) is 12.2. The number of aromatic nitrogens is 4. The average molecular weight is 387 g/mol. The predicted octanol–water partition coefficient (Wildman–Crippen LogP) is 5.62. The molecule has 2 heterocycles. The molecule has 124 valence electrons. The minimum absolute atomic E-state index is 0.424. The lowest BCUT2D eigenvalue weighted by Crippen LogP contribution is -1.93. The molecule has 0 atom stereocenters. The normalized spacial score (nSPS) is 11.1. The summed E-state index contributed by atoms with van der Waals surface area (Å²) in [5.74, 6) is 1.45. The molecule has 2 aromatic heterocycles. The number of rotatable bonds is 4. The van der Waals surface area contributed by atoms with Gasteiger partial charge in [-0.1, -0.05) is 65.3 Å². The van der Waals surface area contributed by atoms with Gasteiger partial charge >= 0.3 is 0 Å². The highest BCUT2D eigenvalue weighted by molar-refractivity contribution is 7.98. The molecule has 0 unspecified atom stereocenters. The maximum Gasteiger partial charge on any atom is 0.189 e. The van der Waals surface area contributed by atoms with Crippen LogP contribution in [0.1, 0.15) is 5.82 Å². The highest BCUT2D eigenvalue weighted by Gasteiger charge is 2.09. The standard InChI is InChI=1S/C18H12Cl2N4S/c19-12-6-7-13-15(8-12)22-17(21-13)10-25-18-23-14(9-16(20)24-18)11-4-2-1-3-5-11/h1-9H,10H2,(H,21,22). The van der Waals surface area contributed by atoms with Crippen LogP contribution in [0.25, 0.3) is 22.3 Å². The monoisotopic (exact) mass is 386 g/mol. The molecule has 0 spiro atoms. The number of halogens is 2. The first kappa shape index (κ1) is 16.4.